The molecule has 1 aliphatic heterocycles. The second-order valence-electron chi connectivity index (χ2n) is 6.36. The van der Waals surface area contributed by atoms with E-state index >= 15 is 0 Å². The molecule has 0 unspecified atom stereocenters. The van der Waals surface area contributed by atoms with Gasteiger partial charge >= 0.3 is 0 Å². The summed E-state index contributed by atoms with van der Waals surface area (Å²) in [5, 5.41) is 3.06. The number of hydrogen-bond acceptors (Lipinski definition) is 4. The van der Waals surface area contributed by atoms with E-state index in [0.29, 0.717) is 0 Å². The van der Waals surface area contributed by atoms with Crippen LogP contribution in [-0.4, -0.2) is 13.0 Å². The first-order valence-corrected chi connectivity index (χ1v) is 9.06. The lowest BCUT2D eigenvalue weighted by Gasteiger charge is -2.21. The summed E-state index contributed by atoms with van der Waals surface area (Å²) in [4.78, 5) is 13.5. The minimum atomic E-state index is -0.303. The maximum Gasteiger partial charge on any atom is 0.235 e. The van der Waals surface area contributed by atoms with Crippen molar-refractivity contribution in [3.63, 3.8) is 0 Å². The van der Waals surface area contributed by atoms with E-state index in [1.165, 1.54) is 11.9 Å². The molecule has 1 aliphatic carbocycles. The van der Waals surface area contributed by atoms with E-state index in [-0.39, 0.29) is 11.3 Å². The highest BCUT2D eigenvalue weighted by atomic mass is 32.2. The molecule has 1 saturated carbocycles. The summed E-state index contributed by atoms with van der Waals surface area (Å²) in [5.74, 6) is 1.02. The fraction of sp³-hybridized carbons (Fsp3) is 0.316. The number of ether oxygens (including phenoxy) is 1. The zero-order valence-corrected chi connectivity index (χ0v) is 14.4. The summed E-state index contributed by atoms with van der Waals surface area (Å²) in [6, 6.07) is 14.1. The van der Waals surface area contributed by atoms with Crippen LogP contribution in [0, 0.1) is 0 Å². The number of hydrogen-bond donors (Lipinski definition) is 2. The Bertz CT molecular complexity index is 785. The zero-order chi connectivity index (χ0) is 16.6. The van der Waals surface area contributed by atoms with Crippen LogP contribution in [0.1, 0.15) is 31.2 Å². The van der Waals surface area contributed by atoms with Gasteiger partial charge in [-0.15, -0.1) is 0 Å². The number of para-hydroxylation sites is 1. The van der Waals surface area contributed by atoms with Crippen LogP contribution in [0.15, 0.2) is 47.4 Å². The highest BCUT2D eigenvalue weighted by Crippen LogP contribution is 2.49. The Hall–Kier alpha value is -2.14. The molecule has 124 valence electrons. The molecule has 1 fully saturated rings. The first-order chi connectivity index (χ1) is 11.7. The second-order valence-corrected chi connectivity index (χ2v) is 7.21. The summed E-state index contributed by atoms with van der Waals surface area (Å²) in [5.41, 5.74) is 2.82. The normalized spacial score (nSPS) is 17.6. The highest BCUT2D eigenvalue weighted by molar-refractivity contribution is 8.00. The average Bonchev–Trinajstić information content (AvgIpc) is 3.21. The smallest absolute Gasteiger partial charge is 0.235 e. The molecule has 0 saturated heterocycles. The molecule has 0 aromatic heterocycles. The van der Waals surface area contributed by atoms with Crippen molar-refractivity contribution in [1.29, 1.82) is 0 Å². The van der Waals surface area contributed by atoms with Gasteiger partial charge in [0.15, 0.2) is 0 Å². The second kappa shape index (κ2) is 6.06. The van der Waals surface area contributed by atoms with Gasteiger partial charge in [-0.05, 0) is 60.7 Å². The summed E-state index contributed by atoms with van der Waals surface area (Å²) >= 11 is 1.52. The molecule has 5 heteroatoms. The van der Waals surface area contributed by atoms with Crippen LogP contribution in [0.25, 0.3) is 0 Å². The van der Waals surface area contributed by atoms with Crippen molar-refractivity contribution in [1.82, 2.24) is 0 Å². The van der Waals surface area contributed by atoms with Crippen LogP contribution in [0.2, 0.25) is 0 Å². The number of nitrogens with one attached hydrogen (secondary N) is 2. The standard InChI is InChI=1S/C19H20N2O2S/c1-23-16-6-2-3-7-17(16)24-21-13-8-9-15-14(12-13)19(18(22)20-15)10-4-5-11-19/h2-3,6-9,12,21H,4-5,10-11H2,1H3,(H,20,22). The molecule has 1 spiro atoms. The Kier molecular flexibility index (Phi) is 3.88. The number of carbonyl (C=O) groups is 1. The fourth-order valence-corrected chi connectivity index (χ4v) is 4.52. The van der Waals surface area contributed by atoms with Gasteiger partial charge in [0.25, 0.3) is 0 Å². The maximum absolute atomic E-state index is 12.5. The van der Waals surface area contributed by atoms with Crippen molar-refractivity contribution >= 4 is 29.2 Å². The van der Waals surface area contributed by atoms with Crippen molar-refractivity contribution in [3.8, 4) is 5.75 Å². The summed E-state index contributed by atoms with van der Waals surface area (Å²) in [6.07, 6.45) is 4.16. The van der Waals surface area contributed by atoms with Crippen molar-refractivity contribution < 1.29 is 9.53 Å². The molecule has 24 heavy (non-hydrogen) atoms. The average molecular weight is 340 g/mol. The molecule has 4 rings (SSSR count). The zero-order valence-electron chi connectivity index (χ0n) is 13.6. The number of anilines is 2. The van der Waals surface area contributed by atoms with Crippen molar-refractivity contribution in [3.05, 3.63) is 48.0 Å². The van der Waals surface area contributed by atoms with Gasteiger partial charge in [0, 0.05) is 11.4 Å². The van der Waals surface area contributed by atoms with Gasteiger partial charge in [0.2, 0.25) is 5.91 Å². The van der Waals surface area contributed by atoms with Gasteiger partial charge in [-0.1, -0.05) is 25.0 Å². The van der Waals surface area contributed by atoms with Crippen molar-refractivity contribution in [2.75, 3.05) is 17.1 Å². The lowest BCUT2D eigenvalue weighted by atomic mass is 9.80. The van der Waals surface area contributed by atoms with E-state index in [0.717, 1.165) is 53.3 Å². The molecule has 2 N–H and O–H groups in total. The summed E-state index contributed by atoms with van der Waals surface area (Å²) in [6.45, 7) is 0. The van der Waals surface area contributed by atoms with E-state index < -0.39 is 0 Å². The van der Waals surface area contributed by atoms with E-state index in [9.17, 15) is 4.79 Å². The summed E-state index contributed by atoms with van der Waals surface area (Å²) in [7, 11) is 1.68. The van der Waals surface area contributed by atoms with Gasteiger partial charge in [-0.2, -0.15) is 0 Å². The number of carbonyl (C=O) groups excluding carboxylic acids is 1. The van der Waals surface area contributed by atoms with Gasteiger partial charge in [-0.25, -0.2) is 0 Å². The van der Waals surface area contributed by atoms with Crippen LogP contribution in [-0.2, 0) is 10.2 Å². The first-order valence-electron chi connectivity index (χ1n) is 8.25. The van der Waals surface area contributed by atoms with Gasteiger partial charge in [0.05, 0.1) is 17.4 Å². The van der Waals surface area contributed by atoms with Gasteiger partial charge < -0.3 is 14.8 Å². The molecule has 2 aromatic carbocycles. The molecule has 1 amide bonds. The van der Waals surface area contributed by atoms with Crippen LogP contribution in [0.3, 0.4) is 0 Å². The van der Waals surface area contributed by atoms with Crippen LogP contribution < -0.4 is 14.8 Å². The Labute approximate surface area is 146 Å². The Morgan fingerprint density at radius 2 is 1.96 bits per heavy atom. The van der Waals surface area contributed by atoms with Crippen molar-refractivity contribution in [2.24, 2.45) is 0 Å². The third-order valence-electron chi connectivity index (χ3n) is 5.02. The maximum atomic E-state index is 12.5. The lowest BCUT2D eigenvalue weighted by Crippen LogP contribution is -2.30. The van der Waals surface area contributed by atoms with E-state index in [2.05, 4.69) is 16.1 Å². The monoisotopic (exact) mass is 340 g/mol. The third-order valence-corrected chi connectivity index (χ3v) is 5.92. The minimum Gasteiger partial charge on any atom is -0.496 e. The fourth-order valence-electron chi connectivity index (χ4n) is 3.77. The van der Waals surface area contributed by atoms with Crippen LogP contribution in [0.4, 0.5) is 11.4 Å². The molecule has 1 heterocycles. The Morgan fingerprint density at radius 3 is 2.75 bits per heavy atom. The Morgan fingerprint density at radius 1 is 1.17 bits per heavy atom. The molecular formula is C19H20N2O2S. The van der Waals surface area contributed by atoms with Gasteiger partial charge in [0.1, 0.15) is 5.75 Å². The molecule has 4 nitrogen and oxygen atoms in total. The predicted octanol–water partition coefficient (Wildman–Crippen LogP) is 4.58. The molecule has 2 aromatic rings. The quantitative estimate of drug-likeness (QED) is 0.800. The summed E-state index contributed by atoms with van der Waals surface area (Å²) < 4.78 is 8.77. The minimum absolute atomic E-state index is 0.171. The van der Waals surface area contributed by atoms with Crippen LogP contribution in [0.5, 0.6) is 5.75 Å². The van der Waals surface area contributed by atoms with E-state index in [1.807, 2.05) is 36.4 Å². The molecule has 0 bridgehead atoms. The van der Waals surface area contributed by atoms with Crippen molar-refractivity contribution in [2.45, 2.75) is 36.0 Å². The largest absolute Gasteiger partial charge is 0.496 e. The van der Waals surface area contributed by atoms with E-state index in [1.54, 1.807) is 7.11 Å². The van der Waals surface area contributed by atoms with Gasteiger partial charge in [-0.3, -0.25) is 4.79 Å². The number of rotatable bonds is 4. The first kappa shape index (κ1) is 15.4. The highest BCUT2D eigenvalue weighted by Gasteiger charge is 2.48. The third kappa shape index (κ3) is 2.44. The molecule has 2 aliphatic rings. The number of fused-ring (bicyclic) bond motifs is 2. The number of amides is 1. The SMILES string of the molecule is COc1ccccc1SNc1ccc2c(c1)C1(CCCC1)C(=O)N2. The molecule has 0 atom stereocenters. The lowest BCUT2D eigenvalue weighted by molar-refractivity contribution is -0.120. The predicted molar refractivity (Wildman–Crippen MR) is 97.7 cm³/mol. The topological polar surface area (TPSA) is 50.4 Å². The molecule has 0 radical (unpaired) electrons. The number of methoxy groups -OCH3 is 1. The number of benzene rings is 2. The van der Waals surface area contributed by atoms with Crippen LogP contribution >= 0.6 is 11.9 Å². The van der Waals surface area contributed by atoms with E-state index in [4.69, 9.17) is 4.74 Å². The molecular weight excluding hydrogens is 320 g/mol. The Balaban J connectivity index is 1.58.